The summed E-state index contributed by atoms with van der Waals surface area (Å²) < 4.78 is 5.58. The maximum atomic E-state index is 11.3. The first kappa shape index (κ1) is 13.2. The SMILES string of the molecule is COCCCNC(=O)CSc1nnc(N)s1. The van der Waals surface area contributed by atoms with Crippen molar-refractivity contribution >= 4 is 34.1 Å². The number of rotatable bonds is 7. The number of methoxy groups -OCH3 is 1. The molecule has 0 saturated carbocycles. The summed E-state index contributed by atoms with van der Waals surface area (Å²) in [7, 11) is 1.64. The van der Waals surface area contributed by atoms with Crippen molar-refractivity contribution in [3.05, 3.63) is 0 Å². The normalized spacial score (nSPS) is 10.3. The minimum atomic E-state index is -0.0186. The number of aromatic nitrogens is 2. The molecule has 16 heavy (non-hydrogen) atoms. The van der Waals surface area contributed by atoms with Crippen LogP contribution >= 0.6 is 23.1 Å². The predicted octanol–water partition coefficient (Wildman–Crippen LogP) is 0.365. The summed E-state index contributed by atoms with van der Waals surface area (Å²) in [5.74, 6) is 0.316. The van der Waals surface area contributed by atoms with Crippen LogP contribution in [0.4, 0.5) is 5.13 Å². The van der Waals surface area contributed by atoms with Gasteiger partial charge in [0.15, 0.2) is 4.34 Å². The number of amides is 1. The molecule has 0 radical (unpaired) electrons. The molecule has 1 amide bonds. The van der Waals surface area contributed by atoms with Gasteiger partial charge in [-0.2, -0.15) is 0 Å². The van der Waals surface area contributed by atoms with Crippen LogP contribution in [0, 0.1) is 0 Å². The second-order valence-electron chi connectivity index (χ2n) is 2.89. The van der Waals surface area contributed by atoms with Crippen molar-refractivity contribution in [1.82, 2.24) is 15.5 Å². The van der Waals surface area contributed by atoms with Gasteiger partial charge in [-0.15, -0.1) is 10.2 Å². The van der Waals surface area contributed by atoms with Crippen LogP contribution in [0.1, 0.15) is 6.42 Å². The van der Waals surface area contributed by atoms with Crippen molar-refractivity contribution in [2.75, 3.05) is 31.7 Å². The molecule has 0 aromatic carbocycles. The highest BCUT2D eigenvalue weighted by molar-refractivity contribution is 8.01. The van der Waals surface area contributed by atoms with Gasteiger partial charge in [0.25, 0.3) is 0 Å². The number of nitrogens with one attached hydrogen (secondary N) is 1. The van der Waals surface area contributed by atoms with Gasteiger partial charge < -0.3 is 15.8 Å². The zero-order chi connectivity index (χ0) is 11.8. The van der Waals surface area contributed by atoms with Gasteiger partial charge in [-0.05, 0) is 6.42 Å². The molecule has 0 atom stereocenters. The number of nitrogen functional groups attached to an aromatic ring is 1. The van der Waals surface area contributed by atoms with Crippen LogP contribution in [-0.4, -0.2) is 42.1 Å². The number of hydrogen-bond donors (Lipinski definition) is 2. The van der Waals surface area contributed by atoms with E-state index in [1.807, 2.05) is 0 Å². The second kappa shape index (κ2) is 7.42. The van der Waals surface area contributed by atoms with Crippen molar-refractivity contribution in [3.63, 3.8) is 0 Å². The van der Waals surface area contributed by atoms with Crippen molar-refractivity contribution in [2.24, 2.45) is 0 Å². The summed E-state index contributed by atoms with van der Waals surface area (Å²) in [6.45, 7) is 1.28. The standard InChI is InChI=1S/C8H14N4O2S2/c1-14-4-2-3-10-6(13)5-15-8-12-11-7(9)16-8/h2-5H2,1H3,(H2,9,11)(H,10,13). The molecule has 0 aliphatic carbocycles. The Morgan fingerprint density at radius 3 is 3.06 bits per heavy atom. The molecule has 0 fully saturated rings. The Bertz CT molecular complexity index is 332. The molecule has 0 aliphatic rings. The summed E-state index contributed by atoms with van der Waals surface area (Å²) in [5, 5.41) is 10.7. The first-order valence-electron chi connectivity index (χ1n) is 4.70. The lowest BCUT2D eigenvalue weighted by Crippen LogP contribution is -2.26. The molecule has 90 valence electrons. The van der Waals surface area contributed by atoms with E-state index in [0.29, 0.717) is 28.4 Å². The Hall–Kier alpha value is -0.860. The molecule has 1 aromatic rings. The van der Waals surface area contributed by atoms with Gasteiger partial charge in [-0.1, -0.05) is 23.1 Å². The Kier molecular flexibility index (Phi) is 6.12. The number of nitrogens with two attached hydrogens (primary N) is 1. The first-order chi connectivity index (χ1) is 7.72. The van der Waals surface area contributed by atoms with E-state index in [9.17, 15) is 4.79 Å². The fraction of sp³-hybridized carbons (Fsp3) is 0.625. The number of carbonyl (C=O) groups excluding carboxylic acids is 1. The molecule has 0 bridgehead atoms. The Labute approximate surface area is 102 Å². The van der Waals surface area contributed by atoms with Crippen molar-refractivity contribution in [3.8, 4) is 0 Å². The third-order valence-electron chi connectivity index (χ3n) is 1.60. The summed E-state index contributed by atoms with van der Waals surface area (Å²) in [5.41, 5.74) is 5.42. The fourth-order valence-electron chi connectivity index (χ4n) is 0.901. The minimum absolute atomic E-state index is 0.0186. The largest absolute Gasteiger partial charge is 0.385 e. The lowest BCUT2D eigenvalue weighted by Gasteiger charge is -2.02. The molecule has 0 saturated heterocycles. The average Bonchev–Trinajstić information content (AvgIpc) is 2.68. The molecule has 6 nitrogen and oxygen atoms in total. The van der Waals surface area contributed by atoms with E-state index in [2.05, 4.69) is 15.5 Å². The molecule has 3 N–H and O–H groups in total. The molecule has 1 heterocycles. The second-order valence-corrected chi connectivity index (χ2v) is 5.12. The van der Waals surface area contributed by atoms with E-state index in [0.717, 1.165) is 6.42 Å². The highest BCUT2D eigenvalue weighted by Crippen LogP contribution is 2.22. The first-order valence-corrected chi connectivity index (χ1v) is 6.50. The summed E-state index contributed by atoms with van der Waals surface area (Å²) in [4.78, 5) is 11.3. The molecular formula is C8H14N4O2S2. The number of hydrogen-bond acceptors (Lipinski definition) is 7. The molecule has 8 heteroatoms. The van der Waals surface area contributed by atoms with E-state index in [-0.39, 0.29) is 5.91 Å². The third-order valence-corrected chi connectivity index (χ3v) is 3.48. The van der Waals surface area contributed by atoms with Crippen LogP contribution in [0.2, 0.25) is 0 Å². The number of ether oxygens (including phenoxy) is 1. The number of anilines is 1. The quantitative estimate of drug-likeness (QED) is 0.545. The van der Waals surface area contributed by atoms with Crippen molar-refractivity contribution in [1.29, 1.82) is 0 Å². The molecule has 1 rings (SSSR count). The van der Waals surface area contributed by atoms with Crippen LogP contribution in [0.3, 0.4) is 0 Å². The Balaban J connectivity index is 2.10. The summed E-state index contributed by atoms with van der Waals surface area (Å²) in [6.07, 6.45) is 0.818. The predicted molar refractivity (Wildman–Crippen MR) is 64.5 cm³/mol. The van der Waals surface area contributed by atoms with E-state index >= 15 is 0 Å². The van der Waals surface area contributed by atoms with Gasteiger partial charge in [0, 0.05) is 20.3 Å². The average molecular weight is 262 g/mol. The lowest BCUT2D eigenvalue weighted by atomic mass is 10.4. The van der Waals surface area contributed by atoms with Gasteiger partial charge in [-0.25, -0.2) is 0 Å². The Morgan fingerprint density at radius 2 is 2.44 bits per heavy atom. The monoisotopic (exact) mass is 262 g/mol. The fourth-order valence-corrected chi connectivity index (χ4v) is 2.37. The minimum Gasteiger partial charge on any atom is -0.385 e. The molecule has 1 aromatic heterocycles. The summed E-state index contributed by atoms with van der Waals surface area (Å²) >= 11 is 2.61. The van der Waals surface area contributed by atoms with Crippen molar-refractivity contribution in [2.45, 2.75) is 10.8 Å². The summed E-state index contributed by atoms with van der Waals surface area (Å²) in [6, 6.07) is 0. The van der Waals surface area contributed by atoms with E-state index in [1.165, 1.54) is 23.1 Å². The number of thioether (sulfide) groups is 1. The van der Waals surface area contributed by atoms with Crippen LogP contribution < -0.4 is 11.1 Å². The maximum Gasteiger partial charge on any atom is 0.230 e. The third kappa shape index (κ3) is 5.29. The molecule has 0 unspecified atom stereocenters. The topological polar surface area (TPSA) is 90.1 Å². The van der Waals surface area contributed by atoms with Gasteiger partial charge in [0.2, 0.25) is 11.0 Å². The molecule has 0 spiro atoms. The van der Waals surface area contributed by atoms with Gasteiger partial charge in [0.1, 0.15) is 0 Å². The smallest absolute Gasteiger partial charge is 0.230 e. The van der Waals surface area contributed by atoms with Crippen LogP contribution in [-0.2, 0) is 9.53 Å². The highest BCUT2D eigenvalue weighted by Gasteiger charge is 2.05. The van der Waals surface area contributed by atoms with Crippen molar-refractivity contribution < 1.29 is 9.53 Å². The maximum absolute atomic E-state index is 11.3. The van der Waals surface area contributed by atoms with E-state index in [1.54, 1.807) is 7.11 Å². The van der Waals surface area contributed by atoms with Gasteiger partial charge >= 0.3 is 0 Å². The van der Waals surface area contributed by atoms with E-state index in [4.69, 9.17) is 10.5 Å². The van der Waals surface area contributed by atoms with E-state index < -0.39 is 0 Å². The van der Waals surface area contributed by atoms with Gasteiger partial charge in [-0.3, -0.25) is 4.79 Å². The zero-order valence-corrected chi connectivity index (χ0v) is 10.6. The highest BCUT2D eigenvalue weighted by atomic mass is 32.2. The van der Waals surface area contributed by atoms with Crippen LogP contribution in [0.15, 0.2) is 4.34 Å². The number of carbonyl (C=O) groups is 1. The number of nitrogens with zero attached hydrogens (tertiary/aromatic N) is 2. The van der Waals surface area contributed by atoms with Crippen LogP contribution in [0.25, 0.3) is 0 Å². The Morgan fingerprint density at radius 1 is 1.62 bits per heavy atom. The van der Waals surface area contributed by atoms with Crippen LogP contribution in [0.5, 0.6) is 0 Å². The molecular weight excluding hydrogens is 248 g/mol. The molecule has 0 aliphatic heterocycles. The zero-order valence-electron chi connectivity index (χ0n) is 8.93. The van der Waals surface area contributed by atoms with Gasteiger partial charge in [0.05, 0.1) is 5.75 Å². The lowest BCUT2D eigenvalue weighted by molar-refractivity contribution is -0.118.